The number of nitrogens with one attached hydrogen (secondary N) is 2. The molecule has 0 aromatic rings. The zero-order valence-corrected chi connectivity index (χ0v) is 5.77. The summed E-state index contributed by atoms with van der Waals surface area (Å²) in [6.07, 6.45) is 1.00. The Balaban J connectivity index is 2.83. The van der Waals surface area contributed by atoms with Crippen LogP contribution in [0.25, 0.3) is 0 Å². The van der Waals surface area contributed by atoms with E-state index in [2.05, 4.69) is 22.9 Å². The number of thiocarbonyl (C=S) groups is 1. The fraction of sp³-hybridized carbons (Fsp3) is 0.250. The van der Waals surface area contributed by atoms with Crippen molar-refractivity contribution < 1.29 is 10.2 Å². The van der Waals surface area contributed by atoms with Crippen LogP contribution >= 0.6 is 12.2 Å². The van der Waals surface area contributed by atoms with E-state index < -0.39 is 5.85 Å². The molecule has 1 aliphatic rings. The molecule has 0 saturated heterocycles. The number of aliphatic hydroxyl groups is 2. The quantitative estimate of drug-likeness (QED) is 0.219. The highest BCUT2D eigenvalue weighted by Gasteiger charge is 2.24. The Bertz CT molecular complexity index is 201. The average Bonchev–Trinajstić information content (AvgIpc) is 1.54. The van der Waals surface area contributed by atoms with Crippen molar-refractivity contribution in [3.05, 3.63) is 12.0 Å². The van der Waals surface area contributed by atoms with Gasteiger partial charge in [-0.25, -0.2) is 0 Å². The van der Waals surface area contributed by atoms with Gasteiger partial charge >= 0.3 is 0 Å². The van der Waals surface area contributed by atoms with Crippen LogP contribution in [-0.4, -0.2) is 21.2 Å². The topological polar surface area (TPSA) is 90.5 Å². The van der Waals surface area contributed by atoms with E-state index in [0.29, 0.717) is 0 Å². The van der Waals surface area contributed by atoms with Crippen LogP contribution in [-0.2, 0) is 0 Å². The maximum Gasteiger partial charge on any atom is 0.218 e. The van der Waals surface area contributed by atoms with Crippen LogP contribution in [0.1, 0.15) is 0 Å². The number of aliphatic hydroxyl groups excluding tert-OH is 1. The molecule has 5 nitrogen and oxygen atoms in total. The summed E-state index contributed by atoms with van der Waals surface area (Å²) in [6, 6.07) is 0. The minimum absolute atomic E-state index is 0.0880. The molecule has 6 heteroatoms. The molecule has 0 aliphatic carbocycles. The molecule has 1 rings (SSSR count). The molecular formula is C4H7N3O2S. The third-order valence-electron chi connectivity index (χ3n) is 0.912. The lowest BCUT2D eigenvalue weighted by molar-refractivity contribution is 0.0733. The van der Waals surface area contributed by atoms with Crippen molar-refractivity contribution in [2.45, 2.75) is 5.85 Å². The van der Waals surface area contributed by atoms with Crippen molar-refractivity contribution in [1.82, 2.24) is 10.6 Å². The molecule has 1 aliphatic heterocycles. The first kappa shape index (κ1) is 7.26. The van der Waals surface area contributed by atoms with Gasteiger partial charge in [0.05, 0.1) is 0 Å². The Morgan fingerprint density at radius 3 is 2.70 bits per heavy atom. The highest BCUT2D eigenvalue weighted by atomic mass is 32.1. The van der Waals surface area contributed by atoms with Crippen LogP contribution in [0.4, 0.5) is 0 Å². The van der Waals surface area contributed by atoms with Gasteiger partial charge in [0, 0.05) is 6.08 Å². The van der Waals surface area contributed by atoms with Crippen LogP contribution in [0, 0.1) is 0 Å². The molecule has 1 heterocycles. The zero-order valence-electron chi connectivity index (χ0n) is 4.96. The van der Waals surface area contributed by atoms with Gasteiger partial charge in [0.15, 0.2) is 11.0 Å². The van der Waals surface area contributed by atoms with Gasteiger partial charge in [0.1, 0.15) is 0 Å². The van der Waals surface area contributed by atoms with Crippen molar-refractivity contribution in [2.24, 2.45) is 5.73 Å². The fourth-order valence-electron chi connectivity index (χ4n) is 0.610. The Hall–Kier alpha value is -0.850. The molecule has 1 unspecified atom stereocenters. The second-order valence-electron chi connectivity index (χ2n) is 1.93. The van der Waals surface area contributed by atoms with E-state index in [9.17, 15) is 0 Å². The number of hydrogen-bond donors (Lipinski definition) is 5. The van der Waals surface area contributed by atoms with Crippen molar-refractivity contribution >= 4 is 17.3 Å². The molecule has 0 aromatic heterocycles. The number of rotatable bonds is 0. The van der Waals surface area contributed by atoms with E-state index in [4.69, 9.17) is 15.9 Å². The first-order valence-corrected chi connectivity index (χ1v) is 2.93. The van der Waals surface area contributed by atoms with Gasteiger partial charge in [-0.3, -0.25) is 5.73 Å². The lowest BCUT2D eigenvalue weighted by Crippen LogP contribution is -2.60. The lowest BCUT2D eigenvalue weighted by atomic mass is 10.3. The van der Waals surface area contributed by atoms with Crippen molar-refractivity contribution in [3.8, 4) is 0 Å². The third kappa shape index (κ3) is 1.56. The fourth-order valence-corrected chi connectivity index (χ4v) is 0.878. The van der Waals surface area contributed by atoms with Crippen molar-refractivity contribution in [3.63, 3.8) is 0 Å². The Kier molecular flexibility index (Phi) is 1.51. The molecule has 6 N–H and O–H groups in total. The smallest absolute Gasteiger partial charge is 0.218 e. The van der Waals surface area contributed by atoms with Crippen LogP contribution in [0.15, 0.2) is 12.0 Å². The largest absolute Gasteiger partial charge is 0.495 e. The highest BCUT2D eigenvalue weighted by molar-refractivity contribution is 7.80. The maximum atomic E-state index is 9.02. The van der Waals surface area contributed by atoms with E-state index in [1.54, 1.807) is 0 Å². The highest BCUT2D eigenvalue weighted by Crippen LogP contribution is 2.00. The normalized spacial score (nSPS) is 32.2. The van der Waals surface area contributed by atoms with Gasteiger partial charge < -0.3 is 20.8 Å². The first-order valence-electron chi connectivity index (χ1n) is 2.52. The minimum atomic E-state index is -1.74. The average molecular weight is 161 g/mol. The molecule has 0 amide bonds. The Morgan fingerprint density at radius 2 is 2.30 bits per heavy atom. The molecule has 0 fully saturated rings. The van der Waals surface area contributed by atoms with Gasteiger partial charge in [-0.15, -0.1) is 0 Å². The molecule has 0 aromatic carbocycles. The van der Waals surface area contributed by atoms with Gasteiger partial charge in [-0.05, 0) is 12.2 Å². The number of nitrogens with two attached hydrogens (primary N) is 1. The van der Waals surface area contributed by atoms with Crippen LogP contribution in [0.5, 0.6) is 0 Å². The van der Waals surface area contributed by atoms with E-state index in [1.165, 1.54) is 0 Å². The monoisotopic (exact) mass is 161 g/mol. The first-order chi connectivity index (χ1) is 4.49. The predicted molar refractivity (Wildman–Crippen MR) is 38.7 cm³/mol. The van der Waals surface area contributed by atoms with Gasteiger partial charge in [0.25, 0.3) is 0 Å². The number of hydrogen-bond acceptors (Lipinski definition) is 4. The zero-order chi connectivity index (χ0) is 7.78. The Morgan fingerprint density at radius 1 is 1.70 bits per heavy atom. The summed E-state index contributed by atoms with van der Waals surface area (Å²) in [5.41, 5.74) is 5.14. The molecular weight excluding hydrogens is 154 g/mol. The summed E-state index contributed by atoms with van der Waals surface area (Å²) in [5.74, 6) is -2.00. The summed E-state index contributed by atoms with van der Waals surface area (Å²) >= 11 is 4.57. The van der Waals surface area contributed by atoms with Gasteiger partial charge in [-0.1, -0.05) is 0 Å². The maximum absolute atomic E-state index is 9.02. The van der Waals surface area contributed by atoms with E-state index in [1.807, 2.05) is 0 Å². The summed E-state index contributed by atoms with van der Waals surface area (Å²) in [6.45, 7) is 0. The standard InChI is InChI=1S/C4H7N3O2S/c5-4(9)1-2(8)6-3(10)7-4/h1,8-9H,5H2,(H2,6,7,10). The van der Waals surface area contributed by atoms with Crippen molar-refractivity contribution in [2.75, 3.05) is 0 Å². The predicted octanol–water partition coefficient (Wildman–Crippen LogP) is -1.53. The minimum Gasteiger partial charge on any atom is -0.495 e. The Labute approximate surface area is 62.5 Å². The summed E-state index contributed by atoms with van der Waals surface area (Å²) in [5, 5.41) is 22.5. The molecule has 0 bridgehead atoms. The summed E-state index contributed by atoms with van der Waals surface area (Å²) < 4.78 is 0. The lowest BCUT2D eigenvalue weighted by Gasteiger charge is -2.26. The van der Waals surface area contributed by atoms with Gasteiger partial charge in [-0.2, -0.15) is 0 Å². The van der Waals surface area contributed by atoms with E-state index in [0.717, 1.165) is 6.08 Å². The second kappa shape index (κ2) is 2.08. The molecule has 0 spiro atoms. The SMILES string of the molecule is NC1(O)C=C(O)NC(=S)N1. The van der Waals surface area contributed by atoms with Crippen molar-refractivity contribution in [1.29, 1.82) is 0 Å². The third-order valence-corrected chi connectivity index (χ3v) is 1.12. The molecule has 0 radical (unpaired) electrons. The summed E-state index contributed by atoms with van der Waals surface area (Å²) in [4.78, 5) is 0. The molecule has 1 atom stereocenters. The van der Waals surface area contributed by atoms with Gasteiger partial charge in [0.2, 0.25) is 5.85 Å². The molecule has 56 valence electrons. The van der Waals surface area contributed by atoms with Crippen LogP contribution in [0.2, 0.25) is 0 Å². The van der Waals surface area contributed by atoms with E-state index in [-0.39, 0.29) is 11.0 Å². The molecule has 0 saturated carbocycles. The summed E-state index contributed by atoms with van der Waals surface area (Å²) in [7, 11) is 0. The van der Waals surface area contributed by atoms with Crippen LogP contribution < -0.4 is 16.4 Å². The second-order valence-corrected chi connectivity index (χ2v) is 2.34. The van der Waals surface area contributed by atoms with E-state index >= 15 is 0 Å². The van der Waals surface area contributed by atoms with Crippen LogP contribution in [0.3, 0.4) is 0 Å². The molecule has 10 heavy (non-hydrogen) atoms.